The molecular weight excluding hydrogens is 210 g/mol. The molecule has 0 amide bonds. The van der Waals surface area contributed by atoms with Crippen LogP contribution in [0.4, 0.5) is 0 Å². The first-order chi connectivity index (χ1) is 7.02. The molecule has 0 heterocycles. The van der Waals surface area contributed by atoms with Crippen LogP contribution in [-0.2, 0) is 14.3 Å². The van der Waals surface area contributed by atoms with E-state index < -0.39 is 29.0 Å². The van der Waals surface area contributed by atoms with Gasteiger partial charge in [0.1, 0.15) is 5.60 Å². The second-order valence-corrected chi connectivity index (χ2v) is 4.95. The maximum absolute atomic E-state index is 11.7. The van der Waals surface area contributed by atoms with Crippen molar-refractivity contribution in [3.63, 3.8) is 0 Å². The molecular formula is C11H21NO4. The molecule has 0 saturated heterocycles. The van der Waals surface area contributed by atoms with Gasteiger partial charge in [0.25, 0.3) is 0 Å². The van der Waals surface area contributed by atoms with Crippen molar-refractivity contribution in [3.05, 3.63) is 0 Å². The summed E-state index contributed by atoms with van der Waals surface area (Å²) in [5.41, 5.74) is -2.85. The SMILES string of the molecule is CN[C@@H](C)C(=O)[C@](C)(O)C(=O)OC(C)(C)C. The fourth-order valence-corrected chi connectivity index (χ4v) is 1.03. The number of carbonyl (C=O) groups excluding carboxylic acids is 2. The van der Waals surface area contributed by atoms with E-state index in [0.717, 1.165) is 6.92 Å². The number of esters is 1. The van der Waals surface area contributed by atoms with Gasteiger partial charge in [-0.1, -0.05) is 0 Å². The highest BCUT2D eigenvalue weighted by Gasteiger charge is 2.43. The Kier molecular flexibility index (Phi) is 4.64. The van der Waals surface area contributed by atoms with Gasteiger partial charge in [-0.05, 0) is 41.7 Å². The largest absolute Gasteiger partial charge is 0.457 e. The third kappa shape index (κ3) is 3.90. The van der Waals surface area contributed by atoms with Gasteiger partial charge in [0.2, 0.25) is 5.60 Å². The standard InChI is InChI=1S/C11H21NO4/c1-7(12-6)8(13)11(5,15)9(14)16-10(2,3)4/h7,12,15H,1-6H3/t7-,11-/m0/s1. The molecule has 5 nitrogen and oxygen atoms in total. The van der Waals surface area contributed by atoms with Crippen LogP contribution < -0.4 is 5.32 Å². The molecule has 0 aliphatic heterocycles. The Balaban J connectivity index is 4.79. The van der Waals surface area contributed by atoms with Crippen LogP contribution in [0.2, 0.25) is 0 Å². The number of ketones is 1. The van der Waals surface area contributed by atoms with Gasteiger partial charge in [-0.2, -0.15) is 0 Å². The van der Waals surface area contributed by atoms with Crippen molar-refractivity contribution < 1.29 is 19.4 Å². The molecule has 0 aromatic rings. The summed E-state index contributed by atoms with van der Waals surface area (Å²) in [5.74, 6) is -1.53. The second kappa shape index (κ2) is 4.93. The highest BCUT2D eigenvalue weighted by molar-refractivity contribution is 6.08. The zero-order valence-electron chi connectivity index (χ0n) is 10.7. The highest BCUT2D eigenvalue weighted by atomic mass is 16.6. The van der Waals surface area contributed by atoms with Crippen molar-refractivity contribution in [1.29, 1.82) is 0 Å². The van der Waals surface area contributed by atoms with Crippen molar-refractivity contribution in [1.82, 2.24) is 5.32 Å². The lowest BCUT2D eigenvalue weighted by molar-refractivity contribution is -0.178. The van der Waals surface area contributed by atoms with Crippen LogP contribution in [0.5, 0.6) is 0 Å². The third-order valence-corrected chi connectivity index (χ3v) is 2.10. The van der Waals surface area contributed by atoms with E-state index in [2.05, 4.69) is 5.32 Å². The Morgan fingerprint density at radius 2 is 1.69 bits per heavy atom. The molecule has 2 atom stereocenters. The highest BCUT2D eigenvalue weighted by Crippen LogP contribution is 2.16. The summed E-state index contributed by atoms with van der Waals surface area (Å²) in [7, 11) is 1.58. The fraction of sp³-hybridized carbons (Fsp3) is 0.818. The summed E-state index contributed by atoms with van der Waals surface area (Å²) >= 11 is 0. The summed E-state index contributed by atoms with van der Waals surface area (Å²) in [6.45, 7) is 7.74. The molecule has 5 heteroatoms. The van der Waals surface area contributed by atoms with E-state index in [0.29, 0.717) is 0 Å². The van der Waals surface area contributed by atoms with Gasteiger partial charge in [-0.15, -0.1) is 0 Å². The Morgan fingerprint density at radius 1 is 1.25 bits per heavy atom. The van der Waals surface area contributed by atoms with E-state index in [4.69, 9.17) is 4.74 Å². The average molecular weight is 231 g/mol. The summed E-state index contributed by atoms with van der Waals surface area (Å²) in [4.78, 5) is 23.3. The van der Waals surface area contributed by atoms with E-state index in [1.54, 1.807) is 34.7 Å². The summed E-state index contributed by atoms with van der Waals surface area (Å²) in [6, 6.07) is -0.609. The van der Waals surface area contributed by atoms with Gasteiger partial charge < -0.3 is 15.2 Å². The minimum absolute atomic E-state index is 0.607. The van der Waals surface area contributed by atoms with E-state index in [1.165, 1.54) is 0 Å². The Bertz CT molecular complexity index is 278. The van der Waals surface area contributed by atoms with Crippen LogP contribution in [0.3, 0.4) is 0 Å². The van der Waals surface area contributed by atoms with Crippen molar-refractivity contribution in [2.75, 3.05) is 7.05 Å². The Morgan fingerprint density at radius 3 is 2.00 bits per heavy atom. The summed E-state index contributed by atoms with van der Waals surface area (Å²) in [5, 5.41) is 12.5. The molecule has 0 spiro atoms. The number of likely N-dealkylation sites (N-methyl/N-ethyl adjacent to an activating group) is 1. The third-order valence-electron chi connectivity index (χ3n) is 2.10. The van der Waals surface area contributed by atoms with Crippen LogP contribution >= 0.6 is 0 Å². The predicted molar refractivity (Wildman–Crippen MR) is 60.0 cm³/mol. The van der Waals surface area contributed by atoms with Crippen LogP contribution in [0, 0.1) is 0 Å². The molecule has 0 fully saturated rings. The number of nitrogens with one attached hydrogen (secondary N) is 1. The lowest BCUT2D eigenvalue weighted by Gasteiger charge is -2.28. The molecule has 0 aliphatic rings. The van der Waals surface area contributed by atoms with E-state index in [9.17, 15) is 14.7 Å². The average Bonchev–Trinajstić information content (AvgIpc) is 2.12. The molecule has 0 aliphatic carbocycles. The van der Waals surface area contributed by atoms with Crippen LogP contribution in [-0.4, -0.2) is 41.2 Å². The molecule has 0 unspecified atom stereocenters. The smallest absolute Gasteiger partial charge is 0.346 e. The van der Waals surface area contributed by atoms with Gasteiger partial charge in [0.05, 0.1) is 6.04 Å². The number of aliphatic hydroxyl groups is 1. The number of hydrogen-bond donors (Lipinski definition) is 2. The molecule has 2 N–H and O–H groups in total. The maximum atomic E-state index is 11.7. The summed E-state index contributed by atoms with van der Waals surface area (Å²) < 4.78 is 4.98. The van der Waals surface area contributed by atoms with Gasteiger partial charge in [0, 0.05) is 0 Å². The molecule has 16 heavy (non-hydrogen) atoms. The predicted octanol–water partition coefficient (Wildman–Crippen LogP) is 0.256. The minimum atomic E-state index is -2.12. The number of ether oxygens (including phenoxy) is 1. The lowest BCUT2D eigenvalue weighted by Crippen LogP contribution is -2.53. The number of hydrogen-bond acceptors (Lipinski definition) is 5. The first-order valence-corrected chi connectivity index (χ1v) is 5.19. The van der Waals surface area contributed by atoms with Gasteiger partial charge in [0.15, 0.2) is 5.78 Å². The van der Waals surface area contributed by atoms with Crippen molar-refractivity contribution in [3.8, 4) is 0 Å². The van der Waals surface area contributed by atoms with Gasteiger partial charge >= 0.3 is 5.97 Å². The number of Topliss-reactive ketones (excluding diaryl/α,β-unsaturated/α-hetero) is 1. The van der Waals surface area contributed by atoms with E-state index in [-0.39, 0.29) is 0 Å². The molecule has 0 rings (SSSR count). The second-order valence-electron chi connectivity index (χ2n) is 4.95. The van der Waals surface area contributed by atoms with E-state index in [1.807, 2.05) is 0 Å². The Labute approximate surface area is 96.2 Å². The summed E-state index contributed by atoms with van der Waals surface area (Å²) in [6.07, 6.45) is 0. The van der Waals surface area contributed by atoms with Crippen molar-refractivity contribution in [2.45, 2.75) is 51.9 Å². The Hall–Kier alpha value is -0.940. The quantitative estimate of drug-likeness (QED) is 0.536. The number of rotatable bonds is 4. The molecule has 0 bridgehead atoms. The zero-order chi connectivity index (χ0) is 13.1. The van der Waals surface area contributed by atoms with Gasteiger partial charge in [-0.3, -0.25) is 4.79 Å². The van der Waals surface area contributed by atoms with Gasteiger partial charge in [-0.25, -0.2) is 4.79 Å². The van der Waals surface area contributed by atoms with Crippen LogP contribution in [0.25, 0.3) is 0 Å². The minimum Gasteiger partial charge on any atom is -0.457 e. The molecule has 0 saturated carbocycles. The molecule has 0 aromatic heterocycles. The topological polar surface area (TPSA) is 75.6 Å². The monoisotopic (exact) mass is 231 g/mol. The molecule has 0 radical (unpaired) electrons. The maximum Gasteiger partial charge on any atom is 0.346 e. The van der Waals surface area contributed by atoms with Crippen LogP contribution in [0.1, 0.15) is 34.6 Å². The first-order valence-electron chi connectivity index (χ1n) is 5.19. The van der Waals surface area contributed by atoms with Crippen molar-refractivity contribution in [2.24, 2.45) is 0 Å². The lowest BCUT2D eigenvalue weighted by atomic mass is 9.95. The fourth-order valence-electron chi connectivity index (χ4n) is 1.03. The van der Waals surface area contributed by atoms with E-state index >= 15 is 0 Å². The normalized spacial score (nSPS) is 17.4. The first kappa shape index (κ1) is 15.1. The molecule has 0 aromatic carbocycles. The zero-order valence-corrected chi connectivity index (χ0v) is 10.7. The number of carbonyl (C=O) groups is 2. The van der Waals surface area contributed by atoms with Crippen LogP contribution in [0.15, 0.2) is 0 Å². The van der Waals surface area contributed by atoms with Crippen molar-refractivity contribution >= 4 is 11.8 Å². The molecule has 94 valence electrons.